The number of hydrogen-bond acceptors (Lipinski definition) is 19. The summed E-state index contributed by atoms with van der Waals surface area (Å²) in [6.07, 6.45) is 2.32. The number of aromatic nitrogens is 1. The van der Waals surface area contributed by atoms with E-state index in [1.165, 1.54) is 43.1 Å². The fraction of sp³-hybridized carbons (Fsp3) is 0.418. The molecular formula is C55H63N9O15S. The van der Waals surface area contributed by atoms with Gasteiger partial charge in [-0.3, -0.25) is 43.3 Å². The smallest absolute Gasteiger partial charge is 0.269 e. The van der Waals surface area contributed by atoms with E-state index in [9.17, 15) is 53.7 Å². The zero-order valence-electron chi connectivity index (χ0n) is 44.5. The maximum Gasteiger partial charge on any atom is 0.269 e. The lowest BCUT2D eigenvalue weighted by molar-refractivity contribution is -0.190. The maximum atomic E-state index is 13.5. The summed E-state index contributed by atoms with van der Waals surface area (Å²) in [7, 11) is 3.01. The number of nitrogens with zero attached hydrogens (tertiary/aromatic N) is 3. The number of carbonyl (C=O) groups is 8. The Kier molecular flexibility index (Phi) is 20.7. The maximum absolute atomic E-state index is 13.5. The van der Waals surface area contributed by atoms with Crippen LogP contribution in [0.4, 0.5) is 5.69 Å². The van der Waals surface area contributed by atoms with E-state index in [0.29, 0.717) is 40.4 Å². The van der Waals surface area contributed by atoms with Crippen LogP contribution < -0.4 is 36.6 Å². The number of rotatable bonds is 18. The van der Waals surface area contributed by atoms with Crippen LogP contribution in [0.5, 0.6) is 17.2 Å². The predicted octanol–water partition coefficient (Wildman–Crippen LogP) is 1.23. The van der Waals surface area contributed by atoms with Crippen LogP contribution in [0.15, 0.2) is 59.6 Å². The van der Waals surface area contributed by atoms with Crippen LogP contribution in [0.2, 0.25) is 0 Å². The largest absolute Gasteiger partial charge is 0.507 e. The van der Waals surface area contributed by atoms with Gasteiger partial charge in [0.15, 0.2) is 12.1 Å². The SMILES string of the molecule is COC1CN(C2CCOC(C)C2O)CCO1.COc1cccc2c1C(=O)c1c(O)c3c(c(O)c1C2=O)CC(C(=O)NCc1ccc(NC(=O)CNC(=O)CNC(=O)CNC(=O)CCNC(=O)c2ccc(C#N)c(SC)n2)cc1)CC3. The van der Waals surface area contributed by atoms with Crippen molar-refractivity contribution < 1.29 is 72.6 Å². The van der Waals surface area contributed by atoms with Crippen LogP contribution in [-0.4, -0.2) is 170 Å². The Morgan fingerprint density at radius 1 is 0.812 bits per heavy atom. The number of ketones is 2. The molecule has 3 aromatic carbocycles. The topological polar surface area (TPSA) is 346 Å². The highest BCUT2D eigenvalue weighted by Crippen LogP contribution is 2.47. The summed E-state index contributed by atoms with van der Waals surface area (Å²) in [5.74, 6) is -5.79. The van der Waals surface area contributed by atoms with Gasteiger partial charge in [-0.15, -0.1) is 11.8 Å². The number of aromatic hydroxyl groups is 2. The summed E-state index contributed by atoms with van der Waals surface area (Å²) in [6, 6.07) is 16.1. The van der Waals surface area contributed by atoms with Gasteiger partial charge in [0.1, 0.15) is 34.0 Å². The molecule has 2 saturated heterocycles. The van der Waals surface area contributed by atoms with Crippen LogP contribution >= 0.6 is 11.8 Å². The lowest BCUT2D eigenvalue weighted by Gasteiger charge is -2.43. The molecule has 5 unspecified atom stereocenters. The number of morpholine rings is 1. The van der Waals surface area contributed by atoms with Crippen molar-refractivity contribution in [1.29, 1.82) is 5.26 Å². The second kappa shape index (κ2) is 27.7. The number of amides is 6. The monoisotopic (exact) mass is 1120 g/mol. The minimum atomic E-state index is -0.661. The summed E-state index contributed by atoms with van der Waals surface area (Å²) < 4.78 is 21.3. The molecule has 9 N–H and O–H groups in total. The Morgan fingerprint density at radius 3 is 2.19 bits per heavy atom. The van der Waals surface area contributed by atoms with Gasteiger partial charge in [0, 0.05) is 80.7 Å². The van der Waals surface area contributed by atoms with Gasteiger partial charge in [-0.1, -0.05) is 24.3 Å². The molecule has 24 nitrogen and oxygen atoms in total. The van der Waals surface area contributed by atoms with E-state index in [0.717, 1.165) is 26.1 Å². The molecule has 0 spiro atoms. The number of ether oxygens (including phenoxy) is 4. The van der Waals surface area contributed by atoms with Crippen LogP contribution in [0.1, 0.15) is 90.8 Å². The molecule has 2 aliphatic carbocycles. The van der Waals surface area contributed by atoms with Gasteiger partial charge in [-0.2, -0.15) is 5.26 Å². The van der Waals surface area contributed by atoms with E-state index in [1.54, 1.807) is 43.7 Å². The van der Waals surface area contributed by atoms with Crippen molar-refractivity contribution in [2.45, 2.75) is 75.1 Å². The lowest BCUT2D eigenvalue weighted by Crippen LogP contribution is -2.57. The first-order valence-corrected chi connectivity index (χ1v) is 26.9. The number of hydrogen-bond donors (Lipinski definition) is 9. The van der Waals surface area contributed by atoms with Crippen LogP contribution in [-0.2, 0) is 57.6 Å². The molecule has 3 heterocycles. The summed E-state index contributed by atoms with van der Waals surface area (Å²) in [6.45, 7) is 3.69. The summed E-state index contributed by atoms with van der Waals surface area (Å²) in [5.41, 5.74) is 1.55. The first-order chi connectivity index (χ1) is 38.5. The lowest BCUT2D eigenvalue weighted by atomic mass is 9.75. The summed E-state index contributed by atoms with van der Waals surface area (Å²) in [4.78, 5) is 108. The molecule has 2 fully saturated rings. The van der Waals surface area contributed by atoms with E-state index in [1.807, 2.05) is 13.0 Å². The number of thioether (sulfide) groups is 1. The van der Waals surface area contributed by atoms with Gasteiger partial charge in [-0.25, -0.2) is 4.98 Å². The van der Waals surface area contributed by atoms with Gasteiger partial charge < -0.3 is 66.2 Å². The molecule has 1 aromatic heterocycles. The second-order valence-electron chi connectivity index (χ2n) is 19.0. The molecular weight excluding hydrogens is 1060 g/mol. The van der Waals surface area contributed by atoms with E-state index in [2.05, 4.69) is 41.8 Å². The Hall–Kier alpha value is -7.99. The number of phenolic OH excluding ortho intramolecular Hbond substituents is 2. The number of carbonyl (C=O) groups excluding carboxylic acids is 8. The van der Waals surface area contributed by atoms with Gasteiger partial charge in [-0.05, 0) is 74.8 Å². The van der Waals surface area contributed by atoms with Crippen LogP contribution in [0, 0.1) is 17.2 Å². The minimum Gasteiger partial charge on any atom is -0.507 e. The van der Waals surface area contributed by atoms with Crippen molar-refractivity contribution in [3.8, 4) is 23.3 Å². The molecule has 2 aliphatic heterocycles. The van der Waals surface area contributed by atoms with Crippen molar-refractivity contribution in [2.75, 3.05) is 78.3 Å². The van der Waals surface area contributed by atoms with E-state index >= 15 is 0 Å². The van der Waals surface area contributed by atoms with E-state index in [4.69, 9.17) is 24.2 Å². The molecule has 0 bridgehead atoms. The fourth-order valence-electron chi connectivity index (χ4n) is 9.65. The zero-order valence-corrected chi connectivity index (χ0v) is 45.3. The third-order valence-electron chi connectivity index (χ3n) is 14.0. The molecule has 5 atom stereocenters. The zero-order chi connectivity index (χ0) is 57.6. The molecule has 0 saturated carbocycles. The summed E-state index contributed by atoms with van der Waals surface area (Å²) >= 11 is 1.22. The number of phenols is 2. The highest BCUT2D eigenvalue weighted by Gasteiger charge is 2.41. The number of nitrogens with one attached hydrogen (secondary N) is 6. The van der Waals surface area contributed by atoms with Gasteiger partial charge in [0.25, 0.3) is 5.91 Å². The van der Waals surface area contributed by atoms with Crippen molar-refractivity contribution in [1.82, 2.24) is 36.5 Å². The number of anilines is 1. The molecule has 25 heteroatoms. The molecule has 8 rings (SSSR count). The average Bonchev–Trinajstić information content (AvgIpc) is 3.49. The molecule has 0 radical (unpaired) electrons. The van der Waals surface area contributed by atoms with Crippen molar-refractivity contribution in [2.24, 2.45) is 5.92 Å². The standard InChI is InChI=1S/C44H42N8O11S.C11H21NO4/c1-63-30-5-3-4-27-35(30)41(60)37-36(39(27)58)40(59)28-16-23(8-12-26(28)38(37)57)42(61)50-18-22-6-10-25(11-7-22)51-34(56)21-49-33(55)20-48-32(54)19-47-31(53)14-15-46-43(62)29-13-9-24(17-45)44(52-29)64-2;1-8-11(13)9(3-5-15-8)12-4-6-16-10(7-12)14-2/h3-7,9-11,13,23,57,59H,8,12,14-16,18-21H2,1-2H3,(H,46,62)(H,47,53)(H,48,54)(H,49,55)(H,50,61)(H,51,56);8-11,13H,3-7H2,1-2H3. The Bertz CT molecular complexity index is 3060. The van der Waals surface area contributed by atoms with Crippen molar-refractivity contribution >= 4 is 64.5 Å². The van der Waals surface area contributed by atoms with E-state index in [-0.39, 0.29) is 102 Å². The van der Waals surface area contributed by atoms with Gasteiger partial charge in [0.05, 0.1) is 67.8 Å². The highest BCUT2D eigenvalue weighted by atomic mass is 32.2. The minimum absolute atomic E-state index is 0.0116. The van der Waals surface area contributed by atoms with Crippen LogP contribution in [0.25, 0.3) is 0 Å². The Labute approximate surface area is 464 Å². The Morgan fingerprint density at radius 2 is 1.50 bits per heavy atom. The number of methoxy groups -OCH3 is 2. The number of aliphatic hydroxyl groups excluding tert-OH is 1. The third kappa shape index (κ3) is 14.4. The third-order valence-corrected chi connectivity index (χ3v) is 14.6. The second-order valence-corrected chi connectivity index (χ2v) is 19.8. The molecule has 80 heavy (non-hydrogen) atoms. The average molecular weight is 1120 g/mol. The van der Waals surface area contributed by atoms with Crippen molar-refractivity contribution in [3.63, 3.8) is 0 Å². The molecule has 4 aromatic rings. The highest BCUT2D eigenvalue weighted by molar-refractivity contribution is 7.98. The van der Waals surface area contributed by atoms with Gasteiger partial charge >= 0.3 is 0 Å². The Balaban J connectivity index is 0.000000492. The number of aliphatic hydroxyl groups is 1. The summed E-state index contributed by atoms with van der Waals surface area (Å²) in [5, 5.41) is 57.2. The first kappa shape index (κ1) is 59.7. The number of benzene rings is 3. The number of pyridine rings is 1. The quantitative estimate of drug-likeness (QED) is 0.0440. The van der Waals surface area contributed by atoms with E-state index < -0.39 is 78.5 Å². The van der Waals surface area contributed by atoms with Crippen molar-refractivity contribution in [3.05, 3.63) is 105 Å². The normalized spacial score (nSPS) is 19.2. The first-order valence-electron chi connectivity index (χ1n) is 25.7. The number of fused-ring (bicyclic) bond motifs is 3. The molecule has 4 aliphatic rings. The number of nitriles is 1. The molecule has 6 amide bonds. The fourth-order valence-corrected chi connectivity index (χ4v) is 10.2. The predicted molar refractivity (Wildman–Crippen MR) is 287 cm³/mol. The van der Waals surface area contributed by atoms with Gasteiger partial charge in [0.2, 0.25) is 35.3 Å². The molecule has 424 valence electrons. The van der Waals surface area contributed by atoms with Crippen LogP contribution in [0.3, 0.4) is 0 Å².